The van der Waals surface area contributed by atoms with Crippen molar-refractivity contribution in [3.05, 3.63) is 243 Å². The molecule has 11 aromatic carbocycles. The molecular weight excluding hydrogens is 789 g/mol. The van der Waals surface area contributed by atoms with Crippen molar-refractivity contribution >= 4 is 82.4 Å². The van der Waals surface area contributed by atoms with E-state index in [4.69, 9.17) is 4.42 Å². The van der Waals surface area contributed by atoms with E-state index in [1.54, 1.807) is 0 Å². The Morgan fingerprint density at radius 2 is 0.908 bits per heavy atom. The third kappa shape index (κ3) is 6.12. The van der Waals surface area contributed by atoms with Gasteiger partial charge in [0.15, 0.2) is 0 Å². The molecule has 0 bridgehead atoms. The zero-order valence-corrected chi connectivity index (χ0v) is 35.4. The molecule has 0 aliphatic heterocycles. The van der Waals surface area contributed by atoms with Crippen molar-refractivity contribution in [1.82, 2.24) is 4.57 Å². The first-order valence-corrected chi connectivity index (χ1v) is 22.2. The summed E-state index contributed by atoms with van der Waals surface area (Å²) < 4.78 is 8.99. The Morgan fingerprint density at radius 3 is 1.72 bits per heavy atom. The van der Waals surface area contributed by atoms with Gasteiger partial charge in [-0.15, -0.1) is 0 Å². The predicted octanol–water partition coefficient (Wildman–Crippen LogP) is 17.5. The predicted molar refractivity (Wildman–Crippen MR) is 274 cm³/mol. The maximum Gasteiger partial charge on any atom is 0.143 e. The summed E-state index contributed by atoms with van der Waals surface area (Å²) in [5.74, 6) is 0. The minimum atomic E-state index is 0.896. The van der Waals surface area contributed by atoms with Gasteiger partial charge in [-0.3, -0.25) is 0 Å². The lowest BCUT2D eigenvalue weighted by molar-refractivity contribution is 0.670. The van der Waals surface area contributed by atoms with Gasteiger partial charge in [0.05, 0.1) is 16.7 Å². The van der Waals surface area contributed by atoms with Crippen LogP contribution in [0.5, 0.6) is 0 Å². The lowest BCUT2D eigenvalue weighted by Crippen LogP contribution is -2.10. The molecule has 0 radical (unpaired) electrons. The van der Waals surface area contributed by atoms with Crippen LogP contribution in [0.2, 0.25) is 0 Å². The molecule has 304 valence electrons. The Hall–Kier alpha value is -8.66. The van der Waals surface area contributed by atoms with Crippen molar-refractivity contribution < 1.29 is 4.42 Å². The maximum absolute atomic E-state index is 6.55. The summed E-state index contributed by atoms with van der Waals surface area (Å²) in [6.45, 7) is 0. The Balaban J connectivity index is 0.982. The van der Waals surface area contributed by atoms with Crippen LogP contribution in [-0.4, -0.2) is 4.57 Å². The topological polar surface area (TPSA) is 21.3 Å². The number of fused-ring (bicyclic) bond motifs is 9. The van der Waals surface area contributed by atoms with Gasteiger partial charge in [0.1, 0.15) is 11.2 Å². The molecule has 0 saturated carbocycles. The molecule has 2 aromatic heterocycles. The fourth-order valence-electron chi connectivity index (χ4n) is 10.1. The standard InChI is InChI=1S/C62H40N2O/c1-2-14-41(15-3-1)44-32-36-52(60(40-44)64-58-25-9-6-20-54(58)55-21-7-10-26-59(55)64)43-30-33-47(34-31-43)63(49-35-37-51-46(39-49)29-28-42-16-4-5-19-50(42)51)48-18-12-17-45(38-48)53-23-13-24-57-56-22-8-11-27-61(56)65-62(53)57/h1-40H. The monoisotopic (exact) mass is 828 g/mol. The quantitative estimate of drug-likeness (QED) is 0.149. The van der Waals surface area contributed by atoms with Crippen LogP contribution in [-0.2, 0) is 0 Å². The molecule has 0 aliphatic rings. The summed E-state index contributed by atoms with van der Waals surface area (Å²) in [4.78, 5) is 2.38. The number of anilines is 3. The van der Waals surface area contributed by atoms with Gasteiger partial charge in [0, 0.05) is 49.7 Å². The highest BCUT2D eigenvalue weighted by Crippen LogP contribution is 2.43. The molecule has 0 saturated heterocycles. The van der Waals surface area contributed by atoms with E-state index in [1.807, 2.05) is 12.1 Å². The first-order valence-electron chi connectivity index (χ1n) is 22.2. The number of aromatic nitrogens is 1. The Bertz CT molecular complexity index is 3900. The van der Waals surface area contributed by atoms with Gasteiger partial charge in [-0.1, -0.05) is 182 Å². The van der Waals surface area contributed by atoms with Crippen LogP contribution in [0.3, 0.4) is 0 Å². The molecule has 0 N–H and O–H groups in total. The zero-order valence-electron chi connectivity index (χ0n) is 35.4. The van der Waals surface area contributed by atoms with Gasteiger partial charge in [0.2, 0.25) is 0 Å². The summed E-state index contributed by atoms with van der Waals surface area (Å²) in [6, 6.07) is 87.8. The molecule has 13 rings (SSSR count). The average Bonchev–Trinajstić information content (AvgIpc) is 3.93. The van der Waals surface area contributed by atoms with Crippen molar-refractivity contribution in [2.75, 3.05) is 4.90 Å². The fourth-order valence-corrected chi connectivity index (χ4v) is 10.1. The summed E-state index contributed by atoms with van der Waals surface area (Å²) >= 11 is 0. The van der Waals surface area contributed by atoms with Gasteiger partial charge in [-0.05, 0) is 104 Å². The van der Waals surface area contributed by atoms with Crippen LogP contribution in [0, 0.1) is 0 Å². The van der Waals surface area contributed by atoms with E-state index in [9.17, 15) is 0 Å². The molecule has 0 fully saturated rings. The van der Waals surface area contributed by atoms with E-state index >= 15 is 0 Å². The number of nitrogens with zero attached hydrogens (tertiary/aromatic N) is 2. The van der Waals surface area contributed by atoms with Crippen molar-refractivity contribution in [2.45, 2.75) is 0 Å². The first kappa shape index (κ1) is 36.9. The number of hydrogen-bond donors (Lipinski definition) is 0. The second-order valence-corrected chi connectivity index (χ2v) is 16.9. The van der Waals surface area contributed by atoms with Crippen molar-refractivity contribution in [3.8, 4) is 39.1 Å². The number of benzene rings is 11. The number of para-hydroxylation sites is 4. The summed E-state index contributed by atoms with van der Waals surface area (Å²) in [6.07, 6.45) is 0. The largest absolute Gasteiger partial charge is 0.455 e. The third-order valence-corrected chi connectivity index (χ3v) is 13.2. The highest BCUT2D eigenvalue weighted by atomic mass is 16.3. The molecule has 0 unspecified atom stereocenters. The van der Waals surface area contributed by atoms with Crippen LogP contribution >= 0.6 is 0 Å². The van der Waals surface area contributed by atoms with Gasteiger partial charge in [0.25, 0.3) is 0 Å². The Morgan fingerprint density at radius 1 is 0.308 bits per heavy atom. The van der Waals surface area contributed by atoms with Crippen LogP contribution in [0.25, 0.3) is 104 Å². The number of hydrogen-bond acceptors (Lipinski definition) is 2. The molecule has 3 nitrogen and oxygen atoms in total. The van der Waals surface area contributed by atoms with Crippen LogP contribution < -0.4 is 4.90 Å². The van der Waals surface area contributed by atoms with E-state index in [2.05, 4.69) is 240 Å². The van der Waals surface area contributed by atoms with Crippen LogP contribution in [0.1, 0.15) is 0 Å². The second kappa shape index (κ2) is 15.0. The Kier molecular flexibility index (Phi) is 8.53. The number of rotatable bonds is 7. The SMILES string of the molecule is c1ccc(-c2ccc(-c3ccc(N(c4cccc(-c5cccc6c5oc5ccccc56)c4)c4ccc5c(ccc6ccccc65)c4)cc3)c(-n3c4ccccc4c4ccccc43)c2)cc1. The second-order valence-electron chi connectivity index (χ2n) is 16.9. The summed E-state index contributed by atoms with van der Waals surface area (Å²) in [5, 5.41) is 9.66. The maximum atomic E-state index is 6.55. The molecule has 0 amide bonds. The van der Waals surface area contributed by atoms with E-state index in [0.717, 1.165) is 66.9 Å². The van der Waals surface area contributed by atoms with E-state index in [1.165, 1.54) is 54.5 Å². The smallest absolute Gasteiger partial charge is 0.143 e. The van der Waals surface area contributed by atoms with Crippen molar-refractivity contribution in [3.63, 3.8) is 0 Å². The third-order valence-electron chi connectivity index (χ3n) is 13.2. The lowest BCUT2D eigenvalue weighted by Gasteiger charge is -2.27. The number of furan rings is 1. The molecule has 0 atom stereocenters. The Labute approximate surface area is 376 Å². The molecule has 13 aromatic rings. The highest BCUT2D eigenvalue weighted by Gasteiger charge is 2.20. The normalized spacial score (nSPS) is 11.7. The van der Waals surface area contributed by atoms with E-state index in [0.29, 0.717) is 0 Å². The molecule has 65 heavy (non-hydrogen) atoms. The van der Waals surface area contributed by atoms with Gasteiger partial charge < -0.3 is 13.9 Å². The first-order chi connectivity index (χ1) is 32.2. The lowest BCUT2D eigenvalue weighted by atomic mass is 9.97. The molecular formula is C62H40N2O. The minimum absolute atomic E-state index is 0.896. The molecule has 2 heterocycles. The average molecular weight is 829 g/mol. The molecule has 0 spiro atoms. The highest BCUT2D eigenvalue weighted by molar-refractivity contribution is 6.12. The van der Waals surface area contributed by atoms with Crippen molar-refractivity contribution in [1.29, 1.82) is 0 Å². The minimum Gasteiger partial charge on any atom is -0.455 e. The van der Waals surface area contributed by atoms with E-state index < -0.39 is 0 Å². The fraction of sp³-hybridized carbons (Fsp3) is 0. The summed E-state index contributed by atoms with van der Waals surface area (Å²) in [5.41, 5.74) is 15.3. The summed E-state index contributed by atoms with van der Waals surface area (Å²) in [7, 11) is 0. The molecule has 3 heteroatoms. The van der Waals surface area contributed by atoms with Crippen LogP contribution in [0.15, 0.2) is 247 Å². The van der Waals surface area contributed by atoms with Gasteiger partial charge in [-0.2, -0.15) is 0 Å². The van der Waals surface area contributed by atoms with Crippen molar-refractivity contribution in [2.24, 2.45) is 0 Å². The van der Waals surface area contributed by atoms with Gasteiger partial charge in [-0.25, -0.2) is 0 Å². The van der Waals surface area contributed by atoms with Crippen LogP contribution in [0.4, 0.5) is 17.1 Å². The van der Waals surface area contributed by atoms with Gasteiger partial charge >= 0.3 is 0 Å². The zero-order chi connectivity index (χ0) is 42.8. The van der Waals surface area contributed by atoms with E-state index in [-0.39, 0.29) is 0 Å². The molecule has 0 aliphatic carbocycles.